The smallest absolute Gasteiger partial charge is 0.132 e. The molecule has 0 heterocycles. The number of Topliss-reactive ketones (excluding diaryl/α,β-unsaturated/α-hetero) is 1. The van der Waals surface area contributed by atoms with Crippen molar-refractivity contribution >= 4 is 18.2 Å². The van der Waals surface area contributed by atoms with E-state index in [4.69, 9.17) is 5.73 Å². The summed E-state index contributed by atoms with van der Waals surface area (Å²) in [5, 5.41) is 0. The maximum atomic E-state index is 11.0. The van der Waals surface area contributed by atoms with Crippen LogP contribution in [0.3, 0.4) is 0 Å². The van der Waals surface area contributed by atoms with Crippen molar-refractivity contribution in [3.8, 4) is 0 Å². The molecule has 72 valence electrons. The molecule has 0 aromatic carbocycles. The first-order valence-electron chi connectivity index (χ1n) is 4.44. The predicted molar refractivity (Wildman–Crippen MR) is 52.4 cm³/mol. The molecule has 1 fully saturated rings. The van der Waals surface area contributed by atoms with Crippen molar-refractivity contribution < 1.29 is 4.79 Å². The maximum Gasteiger partial charge on any atom is 0.132 e. The van der Waals surface area contributed by atoms with Crippen LogP contribution in [-0.4, -0.2) is 12.3 Å². The molecule has 1 aliphatic carbocycles. The van der Waals surface area contributed by atoms with Gasteiger partial charge in [0.2, 0.25) is 0 Å². The molecule has 12 heavy (non-hydrogen) atoms. The number of carbonyl (C=O) groups is 1. The molecule has 0 unspecified atom stereocenters. The van der Waals surface area contributed by atoms with Gasteiger partial charge in [0.25, 0.3) is 0 Å². The Balaban J connectivity index is 0.00000121. The number of hydrogen-bond donors (Lipinski definition) is 1. The van der Waals surface area contributed by atoms with E-state index in [1.54, 1.807) is 6.92 Å². The van der Waals surface area contributed by atoms with Crippen LogP contribution in [0.4, 0.5) is 0 Å². The zero-order chi connectivity index (χ0) is 8.27. The van der Waals surface area contributed by atoms with E-state index in [-0.39, 0.29) is 12.4 Å². The highest BCUT2D eigenvalue weighted by atomic mass is 35.5. The molecule has 0 atom stereocenters. The Morgan fingerprint density at radius 2 is 1.83 bits per heavy atom. The van der Waals surface area contributed by atoms with Gasteiger partial charge >= 0.3 is 0 Å². The molecule has 0 aromatic heterocycles. The molecule has 3 heteroatoms. The van der Waals surface area contributed by atoms with Gasteiger partial charge in [0.15, 0.2) is 0 Å². The van der Waals surface area contributed by atoms with E-state index >= 15 is 0 Å². The highest BCUT2D eigenvalue weighted by molar-refractivity contribution is 5.85. The van der Waals surface area contributed by atoms with E-state index in [9.17, 15) is 4.79 Å². The lowest BCUT2D eigenvalue weighted by Crippen LogP contribution is -2.24. The first-order chi connectivity index (χ1) is 5.24. The van der Waals surface area contributed by atoms with Gasteiger partial charge < -0.3 is 5.73 Å². The predicted octanol–water partition coefficient (Wildman–Crippen LogP) is 1.76. The highest BCUT2D eigenvalue weighted by Crippen LogP contribution is 2.28. The Morgan fingerprint density at radius 3 is 2.17 bits per heavy atom. The van der Waals surface area contributed by atoms with Gasteiger partial charge in [0, 0.05) is 5.92 Å². The standard InChI is InChI=1S/C9H17NO.ClH/c1-7(11)9-4-2-8(6-10)3-5-9;/h8-9H,2-6,10H2,1H3;1H. The van der Waals surface area contributed by atoms with Crippen LogP contribution in [0.2, 0.25) is 0 Å². The molecule has 1 saturated carbocycles. The number of hydrogen-bond acceptors (Lipinski definition) is 2. The van der Waals surface area contributed by atoms with Crippen LogP contribution in [0, 0.1) is 11.8 Å². The molecule has 2 N–H and O–H groups in total. The molecule has 1 rings (SSSR count). The monoisotopic (exact) mass is 191 g/mol. The van der Waals surface area contributed by atoms with Gasteiger partial charge in [-0.05, 0) is 45.1 Å². The zero-order valence-corrected chi connectivity index (χ0v) is 8.40. The van der Waals surface area contributed by atoms with Crippen molar-refractivity contribution in [3.05, 3.63) is 0 Å². The number of halogens is 1. The van der Waals surface area contributed by atoms with Gasteiger partial charge in [-0.2, -0.15) is 0 Å². The average Bonchev–Trinajstić information content (AvgIpc) is 2.05. The lowest BCUT2D eigenvalue weighted by molar-refractivity contribution is -0.121. The summed E-state index contributed by atoms with van der Waals surface area (Å²) >= 11 is 0. The third kappa shape index (κ3) is 3.11. The number of rotatable bonds is 2. The quantitative estimate of drug-likeness (QED) is 0.723. The van der Waals surface area contributed by atoms with Crippen LogP contribution in [0.25, 0.3) is 0 Å². The fourth-order valence-electron chi connectivity index (χ4n) is 1.80. The number of ketones is 1. The molecule has 0 bridgehead atoms. The lowest BCUT2D eigenvalue weighted by atomic mass is 9.80. The second-order valence-electron chi connectivity index (χ2n) is 3.56. The van der Waals surface area contributed by atoms with Crippen LogP contribution in [0.1, 0.15) is 32.6 Å². The maximum absolute atomic E-state index is 11.0. The second-order valence-corrected chi connectivity index (χ2v) is 3.56. The Kier molecular flexibility index (Phi) is 5.51. The van der Waals surface area contributed by atoms with E-state index in [0.717, 1.165) is 32.2 Å². The molecule has 2 nitrogen and oxygen atoms in total. The summed E-state index contributed by atoms with van der Waals surface area (Å²) in [6.07, 6.45) is 4.44. The van der Waals surface area contributed by atoms with Gasteiger partial charge in [-0.25, -0.2) is 0 Å². The van der Waals surface area contributed by atoms with E-state index in [2.05, 4.69) is 0 Å². The molecular formula is C9H18ClNO. The number of carbonyl (C=O) groups excluding carboxylic acids is 1. The van der Waals surface area contributed by atoms with Crippen LogP contribution < -0.4 is 5.73 Å². The summed E-state index contributed by atoms with van der Waals surface area (Å²) in [6, 6.07) is 0. The van der Waals surface area contributed by atoms with Crippen LogP contribution in [0.15, 0.2) is 0 Å². The van der Waals surface area contributed by atoms with E-state index in [0.29, 0.717) is 17.6 Å². The molecule has 0 aromatic rings. The first kappa shape index (κ1) is 11.9. The molecule has 0 radical (unpaired) electrons. The van der Waals surface area contributed by atoms with Crippen molar-refractivity contribution in [2.24, 2.45) is 17.6 Å². The van der Waals surface area contributed by atoms with E-state index in [1.165, 1.54) is 0 Å². The van der Waals surface area contributed by atoms with Crippen molar-refractivity contribution in [3.63, 3.8) is 0 Å². The molecule has 0 saturated heterocycles. The molecular weight excluding hydrogens is 174 g/mol. The van der Waals surface area contributed by atoms with E-state index in [1.807, 2.05) is 0 Å². The fraction of sp³-hybridized carbons (Fsp3) is 0.889. The van der Waals surface area contributed by atoms with Crippen LogP contribution >= 0.6 is 12.4 Å². The normalized spacial score (nSPS) is 29.2. The van der Waals surface area contributed by atoms with Crippen molar-refractivity contribution in [1.82, 2.24) is 0 Å². The molecule has 1 aliphatic rings. The summed E-state index contributed by atoms with van der Waals surface area (Å²) in [5.74, 6) is 1.39. The Bertz CT molecular complexity index is 141. The topological polar surface area (TPSA) is 43.1 Å². The summed E-state index contributed by atoms with van der Waals surface area (Å²) in [6.45, 7) is 2.50. The highest BCUT2D eigenvalue weighted by Gasteiger charge is 2.22. The van der Waals surface area contributed by atoms with Crippen LogP contribution in [-0.2, 0) is 4.79 Å². The zero-order valence-electron chi connectivity index (χ0n) is 7.58. The third-order valence-electron chi connectivity index (χ3n) is 2.76. The minimum Gasteiger partial charge on any atom is -0.330 e. The summed E-state index contributed by atoms with van der Waals surface area (Å²) < 4.78 is 0. The molecule has 0 aliphatic heterocycles. The van der Waals surface area contributed by atoms with Crippen molar-refractivity contribution in [2.45, 2.75) is 32.6 Å². The first-order valence-corrected chi connectivity index (χ1v) is 4.44. The average molecular weight is 192 g/mol. The lowest BCUT2D eigenvalue weighted by Gasteiger charge is -2.25. The Hall–Kier alpha value is -0.0800. The van der Waals surface area contributed by atoms with Gasteiger partial charge in [-0.3, -0.25) is 4.79 Å². The van der Waals surface area contributed by atoms with Gasteiger partial charge in [0.1, 0.15) is 5.78 Å². The summed E-state index contributed by atoms with van der Waals surface area (Å²) in [7, 11) is 0. The SMILES string of the molecule is CC(=O)C1CCC(CN)CC1.Cl. The Morgan fingerprint density at radius 1 is 1.33 bits per heavy atom. The largest absolute Gasteiger partial charge is 0.330 e. The van der Waals surface area contributed by atoms with Gasteiger partial charge in [-0.1, -0.05) is 0 Å². The van der Waals surface area contributed by atoms with Gasteiger partial charge in [-0.15, -0.1) is 12.4 Å². The summed E-state index contributed by atoms with van der Waals surface area (Å²) in [5.41, 5.74) is 5.54. The summed E-state index contributed by atoms with van der Waals surface area (Å²) in [4.78, 5) is 11.0. The number of nitrogens with two attached hydrogens (primary N) is 1. The minimum absolute atomic E-state index is 0. The fourth-order valence-corrected chi connectivity index (χ4v) is 1.80. The van der Waals surface area contributed by atoms with Crippen molar-refractivity contribution in [1.29, 1.82) is 0 Å². The minimum atomic E-state index is 0. The van der Waals surface area contributed by atoms with Crippen LogP contribution in [0.5, 0.6) is 0 Å². The molecule has 0 spiro atoms. The second kappa shape index (κ2) is 5.55. The third-order valence-corrected chi connectivity index (χ3v) is 2.76. The van der Waals surface area contributed by atoms with Gasteiger partial charge in [0.05, 0.1) is 0 Å². The van der Waals surface area contributed by atoms with Crippen molar-refractivity contribution in [2.75, 3.05) is 6.54 Å². The Labute approximate surface area is 80.3 Å². The van der Waals surface area contributed by atoms with E-state index < -0.39 is 0 Å². The molecule has 0 amide bonds.